The van der Waals surface area contributed by atoms with E-state index in [9.17, 15) is 23.2 Å². The molecule has 2 aromatic rings. The third kappa shape index (κ3) is 5.39. The first-order valence-electron chi connectivity index (χ1n) is 10.7. The molecule has 1 saturated heterocycles. The van der Waals surface area contributed by atoms with Crippen molar-refractivity contribution in [2.24, 2.45) is 0 Å². The van der Waals surface area contributed by atoms with Crippen LogP contribution in [0.15, 0.2) is 59.5 Å². The van der Waals surface area contributed by atoms with Crippen molar-refractivity contribution in [1.29, 1.82) is 0 Å². The van der Waals surface area contributed by atoms with Gasteiger partial charge in [0.25, 0.3) is 5.91 Å². The zero-order chi connectivity index (χ0) is 24.8. The standard InChI is InChI=1S/C23H29N3O7S/c1-32-19-8-10-20(11-9-19)34(30,31)26(16-18-6-4-3-5-7-18)23(22(28)24-29)12-14-25(15-13-23)17-21(27)33-2/h3-11,29H,12-17H2,1-2H3,(H,24,28). The Labute approximate surface area is 199 Å². The number of carbonyl (C=O) groups is 2. The van der Waals surface area contributed by atoms with Gasteiger partial charge < -0.3 is 9.47 Å². The first-order chi connectivity index (χ1) is 16.3. The number of piperidine rings is 1. The summed E-state index contributed by atoms with van der Waals surface area (Å²) in [6, 6.07) is 14.8. The molecule has 34 heavy (non-hydrogen) atoms. The number of hydroxylamine groups is 1. The zero-order valence-corrected chi connectivity index (χ0v) is 20.0. The lowest BCUT2D eigenvalue weighted by atomic mass is 9.86. The van der Waals surface area contributed by atoms with Gasteiger partial charge >= 0.3 is 5.97 Å². The lowest BCUT2D eigenvalue weighted by Crippen LogP contribution is -2.64. The summed E-state index contributed by atoms with van der Waals surface area (Å²) >= 11 is 0. The van der Waals surface area contributed by atoms with Gasteiger partial charge in [-0.05, 0) is 42.7 Å². The highest BCUT2D eigenvalue weighted by Crippen LogP contribution is 2.36. The normalized spacial score (nSPS) is 16.1. The van der Waals surface area contributed by atoms with E-state index in [0.717, 1.165) is 4.31 Å². The van der Waals surface area contributed by atoms with E-state index in [1.807, 2.05) is 6.07 Å². The third-order valence-electron chi connectivity index (χ3n) is 6.08. The van der Waals surface area contributed by atoms with Gasteiger partial charge in [-0.25, -0.2) is 13.9 Å². The molecular formula is C23H29N3O7S. The van der Waals surface area contributed by atoms with Crippen molar-refractivity contribution in [3.05, 3.63) is 60.2 Å². The maximum atomic E-state index is 13.9. The molecule has 2 N–H and O–H groups in total. The summed E-state index contributed by atoms with van der Waals surface area (Å²) in [4.78, 5) is 26.6. The number of sulfonamides is 1. The Morgan fingerprint density at radius 3 is 2.21 bits per heavy atom. The fourth-order valence-corrected chi connectivity index (χ4v) is 5.89. The van der Waals surface area contributed by atoms with E-state index in [4.69, 9.17) is 9.47 Å². The molecule has 0 atom stereocenters. The van der Waals surface area contributed by atoms with Gasteiger partial charge in [0.2, 0.25) is 10.0 Å². The second kappa shape index (κ2) is 11.0. The maximum absolute atomic E-state index is 13.9. The first kappa shape index (κ1) is 25.6. The number of rotatable bonds is 9. The Morgan fingerprint density at radius 1 is 1.06 bits per heavy atom. The largest absolute Gasteiger partial charge is 0.497 e. The summed E-state index contributed by atoms with van der Waals surface area (Å²) in [5, 5.41) is 9.60. The van der Waals surface area contributed by atoms with E-state index in [0.29, 0.717) is 11.3 Å². The van der Waals surface area contributed by atoms with E-state index >= 15 is 0 Å². The molecule has 11 heteroatoms. The second-order valence-electron chi connectivity index (χ2n) is 8.00. The van der Waals surface area contributed by atoms with Crippen molar-refractivity contribution < 1.29 is 32.7 Å². The molecule has 1 heterocycles. The molecule has 1 aliphatic heterocycles. The second-order valence-corrected chi connectivity index (χ2v) is 9.86. The molecule has 3 rings (SSSR count). The molecule has 0 aliphatic carbocycles. The highest BCUT2D eigenvalue weighted by atomic mass is 32.2. The molecule has 1 aliphatic rings. The van der Waals surface area contributed by atoms with Gasteiger partial charge in [0.05, 0.1) is 25.7 Å². The Kier molecular flexibility index (Phi) is 8.26. The van der Waals surface area contributed by atoms with Crippen LogP contribution in [0.1, 0.15) is 18.4 Å². The predicted molar refractivity (Wildman–Crippen MR) is 123 cm³/mol. The van der Waals surface area contributed by atoms with Crippen LogP contribution in [0.25, 0.3) is 0 Å². The van der Waals surface area contributed by atoms with Gasteiger partial charge in [-0.15, -0.1) is 0 Å². The van der Waals surface area contributed by atoms with Crippen LogP contribution in [0.5, 0.6) is 5.75 Å². The average molecular weight is 492 g/mol. The third-order valence-corrected chi connectivity index (χ3v) is 8.01. The minimum absolute atomic E-state index is 0.00802. The van der Waals surface area contributed by atoms with Crippen LogP contribution in [-0.4, -0.2) is 74.1 Å². The number of amides is 1. The fourth-order valence-electron chi connectivity index (χ4n) is 4.11. The molecule has 0 unspecified atom stereocenters. The summed E-state index contributed by atoms with van der Waals surface area (Å²) in [5.74, 6) is -0.753. The summed E-state index contributed by atoms with van der Waals surface area (Å²) in [6.07, 6.45) is 0.136. The number of likely N-dealkylation sites (tertiary alicyclic amines) is 1. The number of benzene rings is 2. The van der Waals surface area contributed by atoms with Gasteiger partial charge in [-0.1, -0.05) is 30.3 Å². The molecule has 0 radical (unpaired) electrons. The quantitative estimate of drug-likeness (QED) is 0.306. The molecule has 0 saturated carbocycles. The van der Waals surface area contributed by atoms with Crippen LogP contribution < -0.4 is 10.2 Å². The van der Waals surface area contributed by atoms with E-state index in [-0.39, 0.29) is 43.9 Å². The fraction of sp³-hybridized carbons (Fsp3) is 0.391. The number of hydrogen-bond donors (Lipinski definition) is 2. The Balaban J connectivity index is 2.04. The van der Waals surface area contributed by atoms with Crippen LogP contribution >= 0.6 is 0 Å². The topological polar surface area (TPSA) is 125 Å². The smallest absolute Gasteiger partial charge is 0.319 e. The lowest BCUT2D eigenvalue weighted by molar-refractivity contribution is -0.145. The van der Waals surface area contributed by atoms with Crippen LogP contribution in [0.4, 0.5) is 0 Å². The molecule has 1 fully saturated rings. The van der Waals surface area contributed by atoms with E-state index in [1.54, 1.807) is 34.6 Å². The molecule has 10 nitrogen and oxygen atoms in total. The van der Waals surface area contributed by atoms with Crippen LogP contribution in [0.2, 0.25) is 0 Å². The Morgan fingerprint density at radius 2 is 1.68 bits per heavy atom. The van der Waals surface area contributed by atoms with Gasteiger partial charge in [0.15, 0.2) is 0 Å². The summed E-state index contributed by atoms with van der Waals surface area (Å²) in [7, 11) is -1.42. The number of carbonyl (C=O) groups excluding carboxylic acids is 2. The van der Waals surface area contributed by atoms with Gasteiger partial charge in [0, 0.05) is 19.6 Å². The maximum Gasteiger partial charge on any atom is 0.319 e. The first-order valence-corrected chi connectivity index (χ1v) is 12.2. The molecule has 184 valence electrons. The zero-order valence-electron chi connectivity index (χ0n) is 19.1. The molecule has 2 aromatic carbocycles. The summed E-state index contributed by atoms with van der Waals surface area (Å²) in [6.45, 7) is 0.453. The number of esters is 1. The molecule has 0 bridgehead atoms. The van der Waals surface area contributed by atoms with Crippen molar-refractivity contribution in [1.82, 2.24) is 14.7 Å². The van der Waals surface area contributed by atoms with Crippen molar-refractivity contribution in [2.75, 3.05) is 33.9 Å². The highest BCUT2D eigenvalue weighted by Gasteiger charge is 2.51. The Bertz CT molecular complexity index is 1080. The predicted octanol–water partition coefficient (Wildman–Crippen LogP) is 1.40. The SMILES string of the molecule is COC(=O)CN1CCC(C(=O)NO)(N(Cc2ccccc2)S(=O)(=O)c2ccc(OC)cc2)CC1. The van der Waals surface area contributed by atoms with Crippen LogP contribution in [0.3, 0.4) is 0 Å². The summed E-state index contributed by atoms with van der Waals surface area (Å²) in [5.41, 5.74) is 0.784. The van der Waals surface area contributed by atoms with E-state index in [1.165, 1.54) is 38.5 Å². The molecule has 0 spiro atoms. The van der Waals surface area contributed by atoms with Crippen molar-refractivity contribution in [3.63, 3.8) is 0 Å². The number of nitrogens with one attached hydrogen (secondary N) is 1. The molecular weight excluding hydrogens is 462 g/mol. The summed E-state index contributed by atoms with van der Waals surface area (Å²) < 4.78 is 38.8. The van der Waals surface area contributed by atoms with Gasteiger partial charge in [0.1, 0.15) is 11.3 Å². The Hall–Kier alpha value is -2.99. The lowest BCUT2D eigenvalue weighted by Gasteiger charge is -2.46. The number of hydrogen-bond acceptors (Lipinski definition) is 8. The minimum atomic E-state index is -4.19. The number of ether oxygens (including phenoxy) is 2. The van der Waals surface area contributed by atoms with Gasteiger partial charge in [-0.2, -0.15) is 4.31 Å². The van der Waals surface area contributed by atoms with E-state index in [2.05, 4.69) is 0 Å². The van der Waals surface area contributed by atoms with Crippen molar-refractivity contribution >= 4 is 21.9 Å². The molecule has 1 amide bonds. The number of methoxy groups -OCH3 is 2. The van der Waals surface area contributed by atoms with Gasteiger partial charge in [-0.3, -0.25) is 19.7 Å². The monoisotopic (exact) mass is 491 g/mol. The number of nitrogens with zero attached hydrogens (tertiary/aromatic N) is 2. The minimum Gasteiger partial charge on any atom is -0.497 e. The average Bonchev–Trinajstić information content (AvgIpc) is 2.88. The van der Waals surface area contributed by atoms with E-state index < -0.39 is 27.4 Å². The highest BCUT2D eigenvalue weighted by molar-refractivity contribution is 7.89. The van der Waals surface area contributed by atoms with Crippen molar-refractivity contribution in [3.8, 4) is 5.75 Å². The van der Waals surface area contributed by atoms with Crippen LogP contribution in [0, 0.1) is 0 Å². The van der Waals surface area contributed by atoms with Crippen LogP contribution in [-0.2, 0) is 30.9 Å². The van der Waals surface area contributed by atoms with Crippen molar-refractivity contribution in [2.45, 2.75) is 29.8 Å². The molecule has 0 aromatic heterocycles.